The van der Waals surface area contributed by atoms with Gasteiger partial charge in [-0.3, -0.25) is 9.10 Å². The Morgan fingerprint density at radius 2 is 1.59 bits per heavy atom. The van der Waals surface area contributed by atoms with Crippen LogP contribution in [0, 0.1) is 0 Å². The molecule has 11 heteroatoms. The van der Waals surface area contributed by atoms with Gasteiger partial charge in [-0.1, -0.05) is 29.8 Å². The molecule has 0 aliphatic carbocycles. The molecule has 0 fully saturated rings. The molecule has 0 radical (unpaired) electrons. The van der Waals surface area contributed by atoms with E-state index >= 15 is 0 Å². The van der Waals surface area contributed by atoms with Gasteiger partial charge in [-0.2, -0.15) is 13.2 Å². The smallest absolute Gasteiger partial charge is 0.416 e. The highest BCUT2D eigenvalue weighted by Gasteiger charge is 2.32. The average Bonchev–Trinajstić information content (AvgIpc) is 2.75. The summed E-state index contributed by atoms with van der Waals surface area (Å²) < 4.78 is 70.6. The van der Waals surface area contributed by atoms with Crippen molar-refractivity contribution in [3.05, 3.63) is 83.4 Å². The van der Waals surface area contributed by atoms with E-state index in [-0.39, 0.29) is 16.4 Å². The Balaban J connectivity index is 1.84. The molecule has 34 heavy (non-hydrogen) atoms. The summed E-state index contributed by atoms with van der Waals surface area (Å²) in [5.74, 6) is 0.161. The first-order valence-electron chi connectivity index (χ1n) is 9.86. The third-order valence-electron chi connectivity index (χ3n) is 4.71. The number of ether oxygens (including phenoxy) is 1. The van der Waals surface area contributed by atoms with E-state index in [9.17, 15) is 26.4 Å². The number of alkyl halides is 3. The van der Waals surface area contributed by atoms with Gasteiger partial charge in [0.2, 0.25) is 15.9 Å². The van der Waals surface area contributed by atoms with E-state index < -0.39 is 33.7 Å². The van der Waals surface area contributed by atoms with Crippen molar-refractivity contribution >= 4 is 38.9 Å². The number of sulfonamides is 1. The average molecular weight is 513 g/mol. The highest BCUT2D eigenvalue weighted by molar-refractivity contribution is 7.92. The highest BCUT2D eigenvalue weighted by atomic mass is 35.5. The van der Waals surface area contributed by atoms with Gasteiger partial charge < -0.3 is 10.1 Å². The maximum Gasteiger partial charge on any atom is 0.416 e. The molecule has 0 aliphatic rings. The van der Waals surface area contributed by atoms with Gasteiger partial charge in [-0.05, 0) is 61.5 Å². The van der Waals surface area contributed by atoms with E-state index in [4.69, 9.17) is 16.3 Å². The van der Waals surface area contributed by atoms with E-state index in [1.807, 2.05) is 6.07 Å². The minimum atomic E-state index is -4.64. The van der Waals surface area contributed by atoms with Crippen molar-refractivity contribution in [3.63, 3.8) is 0 Å². The number of rotatable bonds is 7. The standard InChI is InChI=1S/C23H20ClF3N2O4S/c1-15(22(30)28-21-14-16(23(25,26)27)8-13-20(21)24)29(34(2,31)32)17-9-11-19(12-10-17)33-18-6-4-3-5-7-18/h3-15H,1-2H3,(H,28,30)/t15-/m0/s1. The van der Waals surface area contributed by atoms with Gasteiger partial charge in [0.25, 0.3) is 0 Å². The van der Waals surface area contributed by atoms with Crippen molar-refractivity contribution in [2.75, 3.05) is 15.9 Å². The number of halogens is 4. The molecular weight excluding hydrogens is 493 g/mol. The number of carbonyl (C=O) groups is 1. The number of amides is 1. The lowest BCUT2D eigenvalue weighted by molar-refractivity contribution is -0.137. The summed E-state index contributed by atoms with van der Waals surface area (Å²) in [6.07, 6.45) is -3.72. The number of hydrogen-bond donors (Lipinski definition) is 1. The Morgan fingerprint density at radius 1 is 1.00 bits per heavy atom. The summed E-state index contributed by atoms with van der Waals surface area (Å²) in [5, 5.41) is 2.16. The molecule has 180 valence electrons. The summed E-state index contributed by atoms with van der Waals surface area (Å²) in [6.45, 7) is 1.31. The maximum absolute atomic E-state index is 13.0. The van der Waals surface area contributed by atoms with Crippen LogP contribution < -0.4 is 14.4 Å². The van der Waals surface area contributed by atoms with Crippen LogP contribution in [0.15, 0.2) is 72.8 Å². The number of nitrogens with one attached hydrogen (secondary N) is 1. The number of hydrogen-bond acceptors (Lipinski definition) is 4. The molecule has 1 amide bonds. The molecule has 0 aromatic heterocycles. The van der Waals surface area contributed by atoms with Crippen molar-refractivity contribution in [1.82, 2.24) is 0 Å². The molecule has 0 unspecified atom stereocenters. The van der Waals surface area contributed by atoms with Gasteiger partial charge in [0.1, 0.15) is 17.5 Å². The Labute approximate surface area is 200 Å². The predicted octanol–water partition coefficient (Wildman–Crippen LogP) is 5.94. The summed E-state index contributed by atoms with van der Waals surface area (Å²) in [6, 6.07) is 16.1. The Kier molecular flexibility index (Phi) is 7.42. The fraction of sp³-hybridized carbons (Fsp3) is 0.174. The van der Waals surface area contributed by atoms with Crippen molar-refractivity contribution in [2.45, 2.75) is 19.1 Å². The van der Waals surface area contributed by atoms with E-state index in [1.54, 1.807) is 24.3 Å². The molecule has 0 spiro atoms. The van der Waals surface area contributed by atoms with Crippen LogP contribution in [0.5, 0.6) is 11.5 Å². The first-order chi connectivity index (χ1) is 15.9. The number of para-hydroxylation sites is 1. The third-order valence-corrected chi connectivity index (χ3v) is 6.28. The van der Waals surface area contributed by atoms with E-state index in [2.05, 4.69) is 5.32 Å². The lowest BCUT2D eigenvalue weighted by Gasteiger charge is -2.28. The quantitative estimate of drug-likeness (QED) is 0.425. The van der Waals surface area contributed by atoms with E-state index in [0.717, 1.165) is 22.7 Å². The molecule has 3 aromatic carbocycles. The molecular formula is C23H20ClF3N2O4S. The Morgan fingerprint density at radius 3 is 2.15 bits per heavy atom. The van der Waals surface area contributed by atoms with Gasteiger partial charge in [0.05, 0.1) is 28.2 Å². The SMILES string of the molecule is C[C@@H](C(=O)Nc1cc(C(F)(F)F)ccc1Cl)N(c1ccc(Oc2ccccc2)cc1)S(C)(=O)=O. The molecule has 3 rings (SSSR count). The Hall–Kier alpha value is -3.24. The molecule has 0 saturated carbocycles. The second-order valence-electron chi connectivity index (χ2n) is 7.33. The molecule has 1 N–H and O–H groups in total. The second-order valence-corrected chi connectivity index (χ2v) is 9.59. The van der Waals surface area contributed by atoms with Crippen molar-refractivity contribution in [2.24, 2.45) is 0 Å². The summed E-state index contributed by atoms with van der Waals surface area (Å²) in [5.41, 5.74) is -1.12. The fourth-order valence-corrected chi connectivity index (χ4v) is 4.47. The summed E-state index contributed by atoms with van der Waals surface area (Å²) in [4.78, 5) is 12.8. The predicted molar refractivity (Wildman–Crippen MR) is 125 cm³/mol. The number of nitrogens with zero attached hydrogens (tertiary/aromatic N) is 1. The van der Waals surface area contributed by atoms with E-state index in [1.165, 1.54) is 31.2 Å². The van der Waals surface area contributed by atoms with Crippen LogP contribution in [0.1, 0.15) is 12.5 Å². The zero-order chi connectivity index (χ0) is 25.1. The molecule has 0 heterocycles. The number of carbonyl (C=O) groups excluding carboxylic acids is 1. The van der Waals surface area contributed by atoms with Crippen LogP contribution in [-0.2, 0) is 21.0 Å². The van der Waals surface area contributed by atoms with Gasteiger partial charge in [0.15, 0.2) is 0 Å². The van der Waals surface area contributed by atoms with Crippen LogP contribution in [0.3, 0.4) is 0 Å². The Bertz CT molecular complexity index is 1270. The largest absolute Gasteiger partial charge is 0.457 e. The van der Waals surface area contributed by atoms with Gasteiger partial charge >= 0.3 is 6.18 Å². The maximum atomic E-state index is 13.0. The number of anilines is 2. The zero-order valence-corrected chi connectivity index (χ0v) is 19.6. The monoisotopic (exact) mass is 512 g/mol. The topological polar surface area (TPSA) is 75.7 Å². The highest BCUT2D eigenvalue weighted by Crippen LogP contribution is 2.34. The van der Waals surface area contributed by atoms with Crippen LogP contribution in [-0.4, -0.2) is 26.6 Å². The first kappa shape index (κ1) is 25.4. The first-order valence-corrected chi connectivity index (χ1v) is 12.1. The van der Waals surface area contributed by atoms with Gasteiger partial charge in [-0.15, -0.1) is 0 Å². The van der Waals surface area contributed by atoms with Crippen LogP contribution in [0.4, 0.5) is 24.5 Å². The second kappa shape index (κ2) is 9.94. The molecule has 6 nitrogen and oxygen atoms in total. The van der Waals surface area contributed by atoms with E-state index in [0.29, 0.717) is 17.6 Å². The van der Waals surface area contributed by atoms with Gasteiger partial charge in [-0.25, -0.2) is 8.42 Å². The summed E-state index contributed by atoms with van der Waals surface area (Å²) in [7, 11) is -3.95. The lowest BCUT2D eigenvalue weighted by atomic mass is 10.2. The minimum Gasteiger partial charge on any atom is -0.457 e. The normalized spacial score (nSPS) is 12.6. The van der Waals surface area contributed by atoms with Crippen LogP contribution in [0.25, 0.3) is 0 Å². The fourth-order valence-electron chi connectivity index (χ4n) is 3.13. The third kappa shape index (κ3) is 6.21. The van der Waals surface area contributed by atoms with Crippen LogP contribution >= 0.6 is 11.6 Å². The minimum absolute atomic E-state index is 0.123. The molecule has 0 bridgehead atoms. The van der Waals surface area contributed by atoms with Gasteiger partial charge in [0, 0.05) is 0 Å². The molecule has 3 aromatic rings. The van der Waals surface area contributed by atoms with Crippen molar-refractivity contribution < 1.29 is 31.1 Å². The molecule has 1 atom stereocenters. The molecule has 0 aliphatic heterocycles. The van der Waals surface area contributed by atoms with Crippen molar-refractivity contribution in [1.29, 1.82) is 0 Å². The summed E-state index contributed by atoms with van der Waals surface area (Å²) >= 11 is 5.94. The van der Waals surface area contributed by atoms with Crippen molar-refractivity contribution in [3.8, 4) is 11.5 Å². The van der Waals surface area contributed by atoms with Crippen LogP contribution in [0.2, 0.25) is 5.02 Å². The lowest BCUT2D eigenvalue weighted by Crippen LogP contribution is -2.45. The number of benzene rings is 3. The molecule has 0 saturated heterocycles. The zero-order valence-electron chi connectivity index (χ0n) is 18.0.